The van der Waals surface area contributed by atoms with Crippen molar-refractivity contribution in [1.29, 1.82) is 0 Å². The van der Waals surface area contributed by atoms with Crippen molar-refractivity contribution < 1.29 is 19.0 Å². The Kier molecular flexibility index (Phi) is 4.85. The van der Waals surface area contributed by atoms with E-state index in [0.717, 1.165) is 19.1 Å². The number of ether oxygens (including phenoxy) is 3. The third kappa shape index (κ3) is 3.22. The van der Waals surface area contributed by atoms with Crippen molar-refractivity contribution in [2.24, 2.45) is 5.92 Å². The molecule has 0 spiro atoms. The molecule has 2 rings (SSSR count). The summed E-state index contributed by atoms with van der Waals surface area (Å²) >= 11 is 0. The summed E-state index contributed by atoms with van der Waals surface area (Å²) < 4.78 is 16.2. The van der Waals surface area contributed by atoms with Crippen LogP contribution in [-0.2, 0) is 0 Å². The fraction of sp³-hybridized carbons (Fsp3) is 0.375. The highest BCUT2D eigenvalue weighted by atomic mass is 16.5. The molecule has 1 aliphatic carbocycles. The summed E-state index contributed by atoms with van der Waals surface area (Å²) in [6.07, 6.45) is 6.87. The number of benzene rings is 1. The monoisotopic (exact) mass is 274 g/mol. The van der Waals surface area contributed by atoms with Crippen LogP contribution in [-0.4, -0.2) is 27.1 Å². The van der Waals surface area contributed by atoms with Crippen LogP contribution >= 0.6 is 0 Å². The second kappa shape index (κ2) is 6.83. The zero-order chi connectivity index (χ0) is 14.4. The van der Waals surface area contributed by atoms with Gasteiger partial charge >= 0.3 is 0 Å². The van der Waals surface area contributed by atoms with Crippen molar-refractivity contribution >= 4 is 6.29 Å². The molecule has 0 aromatic heterocycles. The Balaban J connectivity index is 2.15. The van der Waals surface area contributed by atoms with Crippen LogP contribution in [0.4, 0.5) is 0 Å². The minimum Gasteiger partial charge on any atom is -0.496 e. The van der Waals surface area contributed by atoms with E-state index in [0.29, 0.717) is 35.3 Å². The van der Waals surface area contributed by atoms with E-state index in [1.807, 2.05) is 12.2 Å². The maximum atomic E-state index is 11.1. The molecule has 1 unspecified atom stereocenters. The summed E-state index contributed by atoms with van der Waals surface area (Å²) in [6, 6.07) is 3.41. The van der Waals surface area contributed by atoms with Gasteiger partial charge in [0, 0.05) is 18.1 Å². The Hall–Kier alpha value is -2.19. The highest BCUT2D eigenvalue weighted by molar-refractivity contribution is 5.84. The summed E-state index contributed by atoms with van der Waals surface area (Å²) in [7, 11) is 3.03. The Morgan fingerprint density at radius 2 is 2.00 bits per heavy atom. The van der Waals surface area contributed by atoms with Crippen molar-refractivity contribution in [3.05, 3.63) is 35.6 Å². The molecule has 0 radical (unpaired) electrons. The predicted octanol–water partition coefficient (Wildman–Crippen LogP) is 3.02. The molecule has 0 amide bonds. The van der Waals surface area contributed by atoms with Gasteiger partial charge in [0.15, 0.2) is 6.29 Å². The zero-order valence-corrected chi connectivity index (χ0v) is 11.7. The normalized spacial score (nSPS) is 16.8. The molecule has 1 aromatic rings. The van der Waals surface area contributed by atoms with Crippen LogP contribution in [0.5, 0.6) is 17.2 Å². The maximum absolute atomic E-state index is 11.1. The number of methoxy groups -OCH3 is 2. The van der Waals surface area contributed by atoms with Crippen LogP contribution in [0.2, 0.25) is 0 Å². The van der Waals surface area contributed by atoms with Crippen molar-refractivity contribution in [3.8, 4) is 17.2 Å². The van der Waals surface area contributed by atoms with E-state index in [-0.39, 0.29) is 0 Å². The van der Waals surface area contributed by atoms with E-state index >= 15 is 0 Å². The van der Waals surface area contributed by atoms with Gasteiger partial charge in [-0.15, -0.1) is 5.73 Å². The average Bonchev–Trinajstić information content (AvgIpc) is 2.52. The average molecular weight is 274 g/mol. The largest absolute Gasteiger partial charge is 0.496 e. The topological polar surface area (TPSA) is 44.8 Å². The first-order valence-electron chi connectivity index (χ1n) is 6.53. The summed E-state index contributed by atoms with van der Waals surface area (Å²) in [5.41, 5.74) is 3.50. The molecule has 20 heavy (non-hydrogen) atoms. The Morgan fingerprint density at radius 1 is 1.30 bits per heavy atom. The smallest absolute Gasteiger partial charge is 0.157 e. The molecule has 106 valence electrons. The molecule has 1 aromatic carbocycles. The van der Waals surface area contributed by atoms with Gasteiger partial charge < -0.3 is 14.2 Å². The highest BCUT2D eigenvalue weighted by Gasteiger charge is 2.14. The second-order valence-electron chi connectivity index (χ2n) is 4.55. The molecule has 0 saturated carbocycles. The van der Waals surface area contributed by atoms with E-state index < -0.39 is 0 Å². The fourth-order valence-electron chi connectivity index (χ4n) is 2.12. The molecule has 0 aliphatic heterocycles. The first-order chi connectivity index (χ1) is 9.78. The van der Waals surface area contributed by atoms with Gasteiger partial charge in [0.2, 0.25) is 0 Å². The molecule has 1 aliphatic rings. The van der Waals surface area contributed by atoms with Crippen LogP contribution in [0.15, 0.2) is 30.0 Å². The molecule has 4 heteroatoms. The minimum atomic E-state index is 0.364. The van der Waals surface area contributed by atoms with E-state index in [4.69, 9.17) is 14.2 Å². The SMILES string of the molecule is COc1cc(OCC2C=C=CCC2)cc(OC)c1C=O. The van der Waals surface area contributed by atoms with Gasteiger partial charge in [0.05, 0.1) is 26.4 Å². The van der Waals surface area contributed by atoms with Gasteiger partial charge in [-0.25, -0.2) is 0 Å². The van der Waals surface area contributed by atoms with Gasteiger partial charge in [0.1, 0.15) is 17.2 Å². The number of carbonyl (C=O) groups is 1. The molecular weight excluding hydrogens is 256 g/mol. The maximum Gasteiger partial charge on any atom is 0.157 e. The molecular formula is C16H18O4. The van der Waals surface area contributed by atoms with Crippen molar-refractivity contribution in [2.75, 3.05) is 20.8 Å². The third-order valence-corrected chi connectivity index (χ3v) is 3.23. The standard InChI is InChI=1S/C16H18O4/c1-18-15-8-13(9-16(19-2)14(15)10-17)20-11-12-6-4-3-5-7-12/h3,7-10,12H,4,6,11H2,1-2H3. The van der Waals surface area contributed by atoms with Crippen molar-refractivity contribution in [2.45, 2.75) is 12.8 Å². The van der Waals surface area contributed by atoms with Gasteiger partial charge in [-0.05, 0) is 25.0 Å². The Morgan fingerprint density at radius 3 is 2.50 bits per heavy atom. The van der Waals surface area contributed by atoms with Crippen LogP contribution < -0.4 is 14.2 Å². The number of rotatable bonds is 6. The highest BCUT2D eigenvalue weighted by Crippen LogP contribution is 2.33. The second-order valence-corrected chi connectivity index (χ2v) is 4.55. The molecule has 0 fully saturated rings. The van der Waals surface area contributed by atoms with E-state index in [9.17, 15) is 4.79 Å². The lowest BCUT2D eigenvalue weighted by Gasteiger charge is -2.16. The van der Waals surface area contributed by atoms with Crippen LogP contribution in [0.25, 0.3) is 0 Å². The Bertz CT molecular complexity index is 516. The van der Waals surface area contributed by atoms with Crippen molar-refractivity contribution in [1.82, 2.24) is 0 Å². The molecule has 0 bridgehead atoms. The Labute approximate surface area is 118 Å². The summed E-state index contributed by atoms with van der Waals surface area (Å²) in [4.78, 5) is 11.1. The predicted molar refractivity (Wildman–Crippen MR) is 75.8 cm³/mol. The molecule has 0 N–H and O–H groups in total. The summed E-state index contributed by atoms with van der Waals surface area (Å²) in [6.45, 7) is 0.577. The van der Waals surface area contributed by atoms with Gasteiger partial charge in [-0.2, -0.15) is 0 Å². The lowest BCUT2D eigenvalue weighted by Crippen LogP contribution is -2.11. The molecule has 0 heterocycles. The van der Waals surface area contributed by atoms with E-state index in [2.05, 4.69) is 5.73 Å². The first kappa shape index (κ1) is 14.2. The van der Waals surface area contributed by atoms with Crippen LogP contribution in [0.1, 0.15) is 23.2 Å². The van der Waals surface area contributed by atoms with Gasteiger partial charge in [0.25, 0.3) is 0 Å². The van der Waals surface area contributed by atoms with Gasteiger partial charge in [-0.1, -0.05) is 0 Å². The lowest BCUT2D eigenvalue weighted by molar-refractivity contribution is 0.111. The quantitative estimate of drug-likeness (QED) is 0.591. The zero-order valence-electron chi connectivity index (χ0n) is 11.7. The fourth-order valence-corrected chi connectivity index (χ4v) is 2.12. The molecule has 0 saturated heterocycles. The number of carbonyl (C=O) groups excluding carboxylic acids is 1. The van der Waals surface area contributed by atoms with Gasteiger partial charge in [-0.3, -0.25) is 4.79 Å². The van der Waals surface area contributed by atoms with E-state index in [1.54, 1.807) is 12.1 Å². The van der Waals surface area contributed by atoms with Crippen LogP contribution in [0, 0.1) is 5.92 Å². The summed E-state index contributed by atoms with van der Waals surface area (Å²) in [5.74, 6) is 1.90. The minimum absolute atomic E-state index is 0.364. The molecule has 4 nitrogen and oxygen atoms in total. The summed E-state index contributed by atoms with van der Waals surface area (Å²) in [5, 5.41) is 0. The van der Waals surface area contributed by atoms with Crippen molar-refractivity contribution in [3.63, 3.8) is 0 Å². The number of hydrogen-bond donors (Lipinski definition) is 0. The van der Waals surface area contributed by atoms with Crippen LogP contribution in [0.3, 0.4) is 0 Å². The number of hydrogen-bond acceptors (Lipinski definition) is 4. The van der Waals surface area contributed by atoms with E-state index in [1.165, 1.54) is 14.2 Å². The lowest BCUT2D eigenvalue weighted by atomic mass is 10.0. The number of aldehydes is 1. The first-order valence-corrected chi connectivity index (χ1v) is 6.53. The third-order valence-electron chi connectivity index (χ3n) is 3.23. The molecule has 1 atom stereocenters.